The molecule has 2 amide bonds. The molecule has 0 atom stereocenters. The maximum absolute atomic E-state index is 13.0. The number of benzene rings is 1. The van der Waals surface area contributed by atoms with Gasteiger partial charge in [0.1, 0.15) is 11.5 Å². The van der Waals surface area contributed by atoms with E-state index < -0.39 is 0 Å². The minimum Gasteiger partial charge on any atom is -0.337 e. The Morgan fingerprint density at radius 2 is 1.58 bits per heavy atom. The van der Waals surface area contributed by atoms with Gasteiger partial charge in [0.25, 0.3) is 11.8 Å². The van der Waals surface area contributed by atoms with E-state index in [-0.39, 0.29) is 17.6 Å². The van der Waals surface area contributed by atoms with Crippen LogP contribution in [0, 0.1) is 5.82 Å². The minimum absolute atomic E-state index is 0.149. The summed E-state index contributed by atoms with van der Waals surface area (Å²) in [6.07, 6.45) is 5.12. The third-order valence-electron chi connectivity index (χ3n) is 3.94. The van der Waals surface area contributed by atoms with Crippen molar-refractivity contribution in [3.05, 3.63) is 59.9 Å². The van der Waals surface area contributed by atoms with Crippen LogP contribution in [-0.4, -0.2) is 57.8 Å². The number of hydrogen-bond acceptors (Lipinski definition) is 4. The highest BCUT2D eigenvalue weighted by Gasteiger charge is 2.24. The number of carbonyl (C=O) groups is 2. The zero-order valence-electron chi connectivity index (χ0n) is 13.1. The van der Waals surface area contributed by atoms with Crippen LogP contribution >= 0.6 is 0 Å². The lowest BCUT2D eigenvalue weighted by Crippen LogP contribution is -2.37. The predicted octanol–water partition coefficient (Wildman–Crippen LogP) is 1.60. The molecule has 1 aliphatic heterocycles. The first-order valence-corrected chi connectivity index (χ1v) is 7.75. The van der Waals surface area contributed by atoms with Gasteiger partial charge in [0.05, 0.1) is 6.20 Å². The third-order valence-corrected chi connectivity index (χ3v) is 3.94. The van der Waals surface area contributed by atoms with Gasteiger partial charge in [-0.1, -0.05) is 0 Å². The summed E-state index contributed by atoms with van der Waals surface area (Å²) in [5, 5.41) is 0. The van der Waals surface area contributed by atoms with Crippen LogP contribution < -0.4 is 0 Å². The zero-order valence-corrected chi connectivity index (χ0v) is 13.1. The fourth-order valence-electron chi connectivity index (χ4n) is 2.67. The van der Waals surface area contributed by atoms with Gasteiger partial charge >= 0.3 is 0 Å². The Balaban J connectivity index is 1.65. The van der Waals surface area contributed by atoms with Crippen molar-refractivity contribution in [2.75, 3.05) is 26.2 Å². The molecular formula is C17H17FN4O2. The van der Waals surface area contributed by atoms with Crippen LogP contribution in [0.3, 0.4) is 0 Å². The molecule has 0 bridgehead atoms. The molecule has 1 aromatic heterocycles. The summed E-state index contributed by atoms with van der Waals surface area (Å²) >= 11 is 0. The lowest BCUT2D eigenvalue weighted by Gasteiger charge is -2.22. The van der Waals surface area contributed by atoms with Crippen molar-refractivity contribution >= 4 is 11.8 Å². The first-order valence-electron chi connectivity index (χ1n) is 7.75. The summed E-state index contributed by atoms with van der Waals surface area (Å²) in [6.45, 7) is 1.98. The molecule has 1 aliphatic rings. The van der Waals surface area contributed by atoms with Crippen LogP contribution in [0.1, 0.15) is 27.3 Å². The van der Waals surface area contributed by atoms with E-state index in [0.717, 1.165) is 0 Å². The Morgan fingerprint density at radius 3 is 2.21 bits per heavy atom. The van der Waals surface area contributed by atoms with E-state index >= 15 is 0 Å². The molecule has 1 aromatic carbocycles. The zero-order chi connectivity index (χ0) is 16.9. The number of aromatic nitrogens is 2. The first-order chi connectivity index (χ1) is 11.6. The Labute approximate surface area is 138 Å². The van der Waals surface area contributed by atoms with Crippen molar-refractivity contribution in [3.8, 4) is 0 Å². The van der Waals surface area contributed by atoms with Gasteiger partial charge in [-0.3, -0.25) is 14.6 Å². The summed E-state index contributed by atoms with van der Waals surface area (Å²) < 4.78 is 13.0. The van der Waals surface area contributed by atoms with E-state index in [1.807, 2.05) is 0 Å². The van der Waals surface area contributed by atoms with Crippen LogP contribution in [0.4, 0.5) is 4.39 Å². The van der Waals surface area contributed by atoms with Gasteiger partial charge in [-0.25, -0.2) is 9.37 Å². The number of hydrogen-bond donors (Lipinski definition) is 0. The van der Waals surface area contributed by atoms with E-state index in [9.17, 15) is 14.0 Å². The normalized spacial score (nSPS) is 15.0. The Hall–Kier alpha value is -2.83. The number of halogens is 1. The van der Waals surface area contributed by atoms with Crippen molar-refractivity contribution in [1.82, 2.24) is 19.8 Å². The van der Waals surface area contributed by atoms with Crippen LogP contribution in [0.25, 0.3) is 0 Å². The summed E-state index contributed by atoms with van der Waals surface area (Å²) in [5.74, 6) is -0.703. The molecular weight excluding hydrogens is 311 g/mol. The van der Waals surface area contributed by atoms with Crippen molar-refractivity contribution in [2.45, 2.75) is 6.42 Å². The Morgan fingerprint density at radius 1 is 0.917 bits per heavy atom. The van der Waals surface area contributed by atoms with Gasteiger partial charge in [-0.15, -0.1) is 0 Å². The SMILES string of the molecule is O=C(c1ccc(F)cc1)N1CCCN(C(=O)c2cnccn2)CC1. The van der Waals surface area contributed by atoms with E-state index in [1.54, 1.807) is 9.80 Å². The minimum atomic E-state index is -0.372. The van der Waals surface area contributed by atoms with Gasteiger partial charge in [-0.05, 0) is 30.7 Å². The van der Waals surface area contributed by atoms with Gasteiger partial charge < -0.3 is 9.80 Å². The summed E-state index contributed by atoms with van der Waals surface area (Å²) in [5.41, 5.74) is 0.751. The molecule has 6 nitrogen and oxygen atoms in total. The Bertz CT molecular complexity index is 721. The first kappa shape index (κ1) is 16.0. The highest BCUT2D eigenvalue weighted by atomic mass is 19.1. The van der Waals surface area contributed by atoms with Crippen molar-refractivity contribution < 1.29 is 14.0 Å². The topological polar surface area (TPSA) is 66.4 Å². The molecule has 0 aliphatic carbocycles. The lowest BCUT2D eigenvalue weighted by molar-refractivity contribution is 0.0715. The molecule has 124 valence electrons. The highest BCUT2D eigenvalue weighted by molar-refractivity contribution is 5.94. The van der Waals surface area contributed by atoms with Crippen molar-refractivity contribution in [3.63, 3.8) is 0 Å². The molecule has 0 unspecified atom stereocenters. The van der Waals surface area contributed by atoms with Crippen LogP contribution in [-0.2, 0) is 0 Å². The molecule has 3 rings (SSSR count). The smallest absolute Gasteiger partial charge is 0.274 e. The fourth-order valence-corrected chi connectivity index (χ4v) is 2.67. The van der Waals surface area contributed by atoms with Gasteiger partial charge in [0.2, 0.25) is 0 Å². The molecule has 0 spiro atoms. The lowest BCUT2D eigenvalue weighted by atomic mass is 10.2. The molecule has 0 N–H and O–H groups in total. The second kappa shape index (κ2) is 7.16. The molecule has 7 heteroatoms. The molecule has 1 fully saturated rings. The van der Waals surface area contributed by atoms with Gasteiger partial charge in [-0.2, -0.15) is 0 Å². The van der Waals surface area contributed by atoms with E-state index in [1.165, 1.54) is 42.9 Å². The average molecular weight is 328 g/mol. The molecule has 0 radical (unpaired) electrons. The second-order valence-electron chi connectivity index (χ2n) is 5.54. The summed E-state index contributed by atoms with van der Waals surface area (Å²) in [6, 6.07) is 5.50. The standard InChI is InChI=1S/C17H17FN4O2/c18-14-4-2-13(3-5-14)16(23)21-8-1-9-22(11-10-21)17(24)15-12-19-6-7-20-15/h2-7,12H,1,8-11H2. The molecule has 2 heterocycles. The molecule has 24 heavy (non-hydrogen) atoms. The van der Waals surface area contributed by atoms with Gasteiger partial charge in [0, 0.05) is 44.1 Å². The largest absolute Gasteiger partial charge is 0.337 e. The highest BCUT2D eigenvalue weighted by Crippen LogP contribution is 2.12. The number of rotatable bonds is 2. The molecule has 1 saturated heterocycles. The fraction of sp³-hybridized carbons (Fsp3) is 0.294. The quantitative estimate of drug-likeness (QED) is 0.840. The van der Waals surface area contributed by atoms with E-state index in [2.05, 4.69) is 9.97 Å². The maximum Gasteiger partial charge on any atom is 0.274 e. The van der Waals surface area contributed by atoms with E-state index in [0.29, 0.717) is 43.9 Å². The number of amides is 2. The molecule has 0 saturated carbocycles. The second-order valence-corrected chi connectivity index (χ2v) is 5.54. The van der Waals surface area contributed by atoms with Crippen molar-refractivity contribution in [1.29, 1.82) is 0 Å². The van der Waals surface area contributed by atoms with Crippen molar-refractivity contribution in [2.24, 2.45) is 0 Å². The van der Waals surface area contributed by atoms with Crippen LogP contribution in [0.15, 0.2) is 42.9 Å². The number of carbonyl (C=O) groups excluding carboxylic acids is 2. The summed E-state index contributed by atoms with van der Waals surface area (Å²) in [4.78, 5) is 36.2. The predicted molar refractivity (Wildman–Crippen MR) is 84.9 cm³/mol. The Kier molecular flexibility index (Phi) is 4.79. The third kappa shape index (κ3) is 3.56. The number of nitrogens with zero attached hydrogens (tertiary/aromatic N) is 4. The summed E-state index contributed by atoms with van der Waals surface area (Å²) in [7, 11) is 0. The van der Waals surface area contributed by atoms with Crippen LogP contribution in [0.5, 0.6) is 0 Å². The monoisotopic (exact) mass is 328 g/mol. The van der Waals surface area contributed by atoms with Crippen LogP contribution in [0.2, 0.25) is 0 Å². The average Bonchev–Trinajstić information content (AvgIpc) is 2.88. The van der Waals surface area contributed by atoms with Gasteiger partial charge in [0.15, 0.2) is 0 Å². The van der Waals surface area contributed by atoms with E-state index in [4.69, 9.17) is 0 Å². The molecule has 2 aromatic rings. The maximum atomic E-state index is 13.0.